The molecule has 0 saturated carbocycles. The lowest BCUT2D eigenvalue weighted by atomic mass is 10.2. The second kappa shape index (κ2) is 6.04. The Labute approximate surface area is 155 Å². The van der Waals surface area contributed by atoms with Crippen LogP contribution < -0.4 is 0 Å². The van der Waals surface area contributed by atoms with E-state index in [1.54, 1.807) is 48.8 Å². The van der Waals surface area contributed by atoms with Gasteiger partial charge >= 0.3 is 0 Å². The fourth-order valence-electron chi connectivity index (χ4n) is 3.20. The number of aromatic nitrogens is 4. The highest BCUT2D eigenvalue weighted by molar-refractivity contribution is 7.90. The first-order chi connectivity index (χ1) is 13.1. The van der Waals surface area contributed by atoms with Gasteiger partial charge in [-0.3, -0.25) is 4.68 Å². The van der Waals surface area contributed by atoms with E-state index in [0.717, 1.165) is 10.9 Å². The standard InChI is InChI=1S/C19H16N4O3S/c24-27(25,17-6-2-1-3-7-17)23-18(9-14-5-4-8-20-19(14)23)15-10-21-22(11-15)16-12-26-13-16/h1-11,16H,12-13H2. The molecule has 27 heavy (non-hydrogen) atoms. The van der Waals surface area contributed by atoms with Crippen molar-refractivity contribution in [3.63, 3.8) is 0 Å². The molecule has 0 radical (unpaired) electrons. The van der Waals surface area contributed by atoms with Crippen LogP contribution >= 0.6 is 0 Å². The number of hydrogen-bond acceptors (Lipinski definition) is 5. The van der Waals surface area contributed by atoms with Crippen LogP contribution in [0, 0.1) is 0 Å². The van der Waals surface area contributed by atoms with E-state index in [0.29, 0.717) is 24.6 Å². The predicted molar refractivity (Wildman–Crippen MR) is 99.8 cm³/mol. The monoisotopic (exact) mass is 380 g/mol. The summed E-state index contributed by atoms with van der Waals surface area (Å²) in [6.07, 6.45) is 5.14. The third-order valence-corrected chi connectivity index (χ3v) is 6.41. The van der Waals surface area contributed by atoms with Gasteiger partial charge in [-0.25, -0.2) is 17.4 Å². The lowest BCUT2D eigenvalue weighted by Crippen LogP contribution is -2.30. The van der Waals surface area contributed by atoms with Crippen LogP contribution in [0.1, 0.15) is 6.04 Å². The third kappa shape index (κ3) is 2.56. The molecule has 1 aliphatic rings. The van der Waals surface area contributed by atoms with Gasteiger partial charge in [-0.2, -0.15) is 5.10 Å². The summed E-state index contributed by atoms with van der Waals surface area (Å²) in [4.78, 5) is 4.54. The van der Waals surface area contributed by atoms with Crippen molar-refractivity contribution in [3.8, 4) is 11.3 Å². The van der Waals surface area contributed by atoms with E-state index in [-0.39, 0.29) is 10.9 Å². The smallest absolute Gasteiger partial charge is 0.269 e. The van der Waals surface area contributed by atoms with Crippen LogP contribution in [0.5, 0.6) is 0 Å². The zero-order chi connectivity index (χ0) is 18.4. The summed E-state index contributed by atoms with van der Waals surface area (Å²) in [5.41, 5.74) is 1.66. The number of fused-ring (bicyclic) bond motifs is 1. The van der Waals surface area contributed by atoms with Gasteiger partial charge in [-0.1, -0.05) is 18.2 Å². The van der Waals surface area contributed by atoms with Gasteiger partial charge in [0.2, 0.25) is 0 Å². The molecule has 1 aliphatic heterocycles. The van der Waals surface area contributed by atoms with Crippen LogP contribution in [-0.2, 0) is 14.8 Å². The second-order valence-electron chi connectivity index (χ2n) is 6.43. The summed E-state index contributed by atoms with van der Waals surface area (Å²) >= 11 is 0. The van der Waals surface area contributed by atoms with E-state index in [1.165, 1.54) is 3.97 Å². The van der Waals surface area contributed by atoms with Crippen molar-refractivity contribution in [3.05, 3.63) is 67.1 Å². The van der Waals surface area contributed by atoms with Crippen LogP contribution in [0.4, 0.5) is 0 Å². The number of hydrogen-bond donors (Lipinski definition) is 0. The molecule has 7 nitrogen and oxygen atoms in total. The number of nitrogens with zero attached hydrogens (tertiary/aromatic N) is 4. The summed E-state index contributed by atoms with van der Waals surface area (Å²) in [5.74, 6) is 0. The normalized spacial score (nSPS) is 15.1. The Morgan fingerprint density at radius 2 is 1.89 bits per heavy atom. The molecule has 0 aliphatic carbocycles. The van der Waals surface area contributed by atoms with E-state index in [1.807, 2.05) is 23.0 Å². The van der Waals surface area contributed by atoms with Crippen molar-refractivity contribution in [1.29, 1.82) is 0 Å². The van der Waals surface area contributed by atoms with Gasteiger partial charge in [0, 0.05) is 23.3 Å². The van der Waals surface area contributed by atoms with E-state index >= 15 is 0 Å². The maximum Gasteiger partial charge on any atom is 0.269 e. The molecule has 0 N–H and O–H groups in total. The number of rotatable bonds is 4. The van der Waals surface area contributed by atoms with E-state index in [9.17, 15) is 8.42 Å². The number of ether oxygens (including phenoxy) is 1. The first-order valence-corrected chi connectivity index (χ1v) is 9.98. The van der Waals surface area contributed by atoms with Crippen molar-refractivity contribution in [2.24, 2.45) is 0 Å². The molecular formula is C19H16N4O3S. The Morgan fingerprint density at radius 1 is 1.07 bits per heavy atom. The molecule has 136 valence electrons. The van der Waals surface area contributed by atoms with Crippen LogP contribution in [0.3, 0.4) is 0 Å². The van der Waals surface area contributed by atoms with Gasteiger partial charge in [0.1, 0.15) is 0 Å². The molecule has 1 fully saturated rings. The summed E-state index contributed by atoms with van der Waals surface area (Å²) in [6, 6.07) is 14.1. The second-order valence-corrected chi connectivity index (χ2v) is 8.22. The SMILES string of the molecule is O=S(=O)(c1ccccc1)n1c(-c2cnn(C3COC3)c2)cc2cccnc21. The minimum Gasteiger partial charge on any atom is -0.377 e. The molecule has 8 heteroatoms. The predicted octanol–water partition coefficient (Wildman–Crippen LogP) is 2.71. The van der Waals surface area contributed by atoms with Gasteiger partial charge < -0.3 is 4.74 Å². The van der Waals surface area contributed by atoms with Gasteiger partial charge in [0.05, 0.1) is 36.0 Å². The van der Waals surface area contributed by atoms with E-state index in [2.05, 4.69) is 10.1 Å². The molecular weight excluding hydrogens is 364 g/mol. The van der Waals surface area contributed by atoms with Crippen molar-refractivity contribution < 1.29 is 13.2 Å². The molecule has 0 amide bonds. The zero-order valence-electron chi connectivity index (χ0n) is 14.3. The maximum absolute atomic E-state index is 13.4. The maximum atomic E-state index is 13.4. The lowest BCUT2D eigenvalue weighted by Gasteiger charge is -2.25. The highest BCUT2D eigenvalue weighted by Gasteiger charge is 2.26. The van der Waals surface area contributed by atoms with Crippen molar-refractivity contribution in [2.75, 3.05) is 13.2 Å². The van der Waals surface area contributed by atoms with Crippen molar-refractivity contribution in [2.45, 2.75) is 10.9 Å². The third-order valence-electron chi connectivity index (χ3n) is 4.69. The van der Waals surface area contributed by atoms with Gasteiger partial charge in [-0.15, -0.1) is 0 Å². The van der Waals surface area contributed by atoms with Crippen LogP contribution in [0.15, 0.2) is 72.0 Å². The molecule has 1 aromatic carbocycles. The van der Waals surface area contributed by atoms with Crippen molar-refractivity contribution in [1.82, 2.24) is 18.7 Å². The number of benzene rings is 1. The Morgan fingerprint density at radius 3 is 2.63 bits per heavy atom. The van der Waals surface area contributed by atoms with Crippen LogP contribution in [0.25, 0.3) is 22.3 Å². The largest absolute Gasteiger partial charge is 0.377 e. The average Bonchev–Trinajstić information content (AvgIpc) is 3.25. The highest BCUT2D eigenvalue weighted by atomic mass is 32.2. The first-order valence-electron chi connectivity index (χ1n) is 8.54. The molecule has 0 spiro atoms. The molecule has 0 bridgehead atoms. The first kappa shape index (κ1) is 16.2. The zero-order valence-corrected chi connectivity index (χ0v) is 15.1. The summed E-state index contributed by atoms with van der Waals surface area (Å²) in [6.45, 7) is 1.24. The lowest BCUT2D eigenvalue weighted by molar-refractivity contribution is -0.0286. The van der Waals surface area contributed by atoms with Crippen LogP contribution in [-0.4, -0.2) is 40.4 Å². The highest BCUT2D eigenvalue weighted by Crippen LogP contribution is 2.31. The fraction of sp³-hybridized carbons (Fsp3) is 0.158. The molecule has 4 aromatic rings. The Bertz CT molecular complexity index is 1220. The van der Waals surface area contributed by atoms with Crippen molar-refractivity contribution >= 4 is 21.1 Å². The number of pyridine rings is 1. The summed E-state index contributed by atoms with van der Waals surface area (Å²) in [5, 5.41) is 5.15. The van der Waals surface area contributed by atoms with E-state index < -0.39 is 10.0 Å². The molecule has 0 atom stereocenters. The van der Waals surface area contributed by atoms with E-state index in [4.69, 9.17) is 4.74 Å². The molecule has 4 heterocycles. The van der Waals surface area contributed by atoms with Gasteiger partial charge in [0.25, 0.3) is 10.0 Å². The minimum absolute atomic E-state index is 0.195. The molecule has 0 unspecified atom stereocenters. The molecule has 5 rings (SSSR count). The van der Waals surface area contributed by atoms with Gasteiger partial charge in [-0.05, 0) is 30.3 Å². The van der Waals surface area contributed by atoms with Gasteiger partial charge in [0.15, 0.2) is 5.65 Å². The van der Waals surface area contributed by atoms with Crippen LogP contribution in [0.2, 0.25) is 0 Å². The minimum atomic E-state index is -3.81. The summed E-state index contributed by atoms with van der Waals surface area (Å²) < 4.78 is 35.1. The summed E-state index contributed by atoms with van der Waals surface area (Å²) in [7, 11) is -3.81. The molecule has 1 saturated heterocycles. The quantitative estimate of drug-likeness (QED) is 0.544. The fourth-order valence-corrected chi connectivity index (χ4v) is 4.71. The Kier molecular flexibility index (Phi) is 3.63. The average molecular weight is 380 g/mol. The molecule has 3 aromatic heterocycles. The Hall–Kier alpha value is -2.97. The Balaban J connectivity index is 1.74. The topological polar surface area (TPSA) is 79.0 Å².